The number of aliphatic hydroxyl groups excluding tert-OH is 1. The quantitative estimate of drug-likeness (QED) is 0.517. The molecule has 6 heteroatoms. The van der Waals surface area contributed by atoms with Crippen LogP contribution in [0.4, 0.5) is 0 Å². The zero-order chi connectivity index (χ0) is 9.07. The van der Waals surface area contributed by atoms with Gasteiger partial charge in [-0.2, -0.15) is 13.1 Å². The molecule has 0 radical (unpaired) electrons. The molecule has 0 rings (SSSR count). The van der Waals surface area contributed by atoms with Crippen LogP contribution < -0.4 is 9.86 Å². The molecule has 0 aromatic rings. The molecule has 0 amide bonds. The highest BCUT2D eigenvalue weighted by Gasteiger charge is 2.16. The number of nitrogens with two attached hydrogens (primary N) is 1. The van der Waals surface area contributed by atoms with Crippen LogP contribution in [0.3, 0.4) is 0 Å². The van der Waals surface area contributed by atoms with E-state index in [1.54, 1.807) is 6.92 Å². The first-order chi connectivity index (χ1) is 4.87. The van der Waals surface area contributed by atoms with Crippen molar-refractivity contribution in [1.82, 2.24) is 4.72 Å². The maximum absolute atomic E-state index is 10.5. The van der Waals surface area contributed by atoms with E-state index >= 15 is 0 Å². The average Bonchev–Trinajstić information content (AvgIpc) is 1.80. The summed E-state index contributed by atoms with van der Waals surface area (Å²) in [7, 11) is -3.69. The van der Waals surface area contributed by atoms with Crippen LogP contribution in [-0.2, 0) is 10.2 Å². The van der Waals surface area contributed by atoms with Gasteiger partial charge in [0.2, 0.25) is 0 Å². The maximum Gasteiger partial charge on any atom is 0.274 e. The van der Waals surface area contributed by atoms with Crippen LogP contribution >= 0.6 is 0 Å². The van der Waals surface area contributed by atoms with Gasteiger partial charge in [0, 0.05) is 6.04 Å². The van der Waals surface area contributed by atoms with Crippen molar-refractivity contribution in [2.24, 2.45) is 5.14 Å². The van der Waals surface area contributed by atoms with Crippen molar-refractivity contribution in [3.8, 4) is 0 Å². The van der Waals surface area contributed by atoms with Crippen LogP contribution in [0, 0.1) is 0 Å². The molecular formula is C5H14N2O3S. The number of hydrogen-bond donors (Lipinski definition) is 3. The predicted octanol–water partition coefficient (Wildman–Crippen LogP) is -1.06. The lowest BCUT2D eigenvalue weighted by atomic mass is 10.1. The van der Waals surface area contributed by atoms with Crippen LogP contribution in [0.15, 0.2) is 0 Å². The summed E-state index contributed by atoms with van der Waals surface area (Å²) in [6.45, 7) is 3.27. The highest BCUT2D eigenvalue weighted by Crippen LogP contribution is 1.97. The van der Waals surface area contributed by atoms with Gasteiger partial charge in [-0.15, -0.1) is 0 Å². The summed E-state index contributed by atoms with van der Waals surface area (Å²) in [4.78, 5) is 0. The van der Waals surface area contributed by atoms with Crippen molar-refractivity contribution in [1.29, 1.82) is 0 Å². The van der Waals surface area contributed by atoms with E-state index < -0.39 is 22.4 Å². The van der Waals surface area contributed by atoms with E-state index in [4.69, 9.17) is 10.2 Å². The highest BCUT2D eigenvalue weighted by atomic mass is 32.2. The van der Waals surface area contributed by atoms with Crippen molar-refractivity contribution < 1.29 is 13.5 Å². The van der Waals surface area contributed by atoms with Gasteiger partial charge in [0.25, 0.3) is 10.2 Å². The van der Waals surface area contributed by atoms with Crippen LogP contribution in [0.2, 0.25) is 0 Å². The van der Waals surface area contributed by atoms with Gasteiger partial charge in [-0.25, -0.2) is 5.14 Å². The van der Waals surface area contributed by atoms with E-state index in [1.807, 2.05) is 0 Å². The highest BCUT2D eigenvalue weighted by molar-refractivity contribution is 7.87. The van der Waals surface area contributed by atoms with E-state index in [0.29, 0.717) is 6.42 Å². The molecule has 0 aromatic heterocycles. The predicted molar refractivity (Wildman–Crippen MR) is 42.0 cm³/mol. The largest absolute Gasteiger partial charge is 0.392 e. The summed E-state index contributed by atoms with van der Waals surface area (Å²) in [6, 6.07) is -0.495. The molecule has 0 aromatic carbocycles. The van der Waals surface area contributed by atoms with Gasteiger partial charge in [-0.3, -0.25) is 0 Å². The molecule has 2 unspecified atom stereocenters. The van der Waals surface area contributed by atoms with Crippen molar-refractivity contribution in [2.45, 2.75) is 32.4 Å². The Labute approximate surface area is 66.8 Å². The normalized spacial score (nSPS) is 17.8. The summed E-state index contributed by atoms with van der Waals surface area (Å²) in [5, 5.41) is 13.7. The Kier molecular flexibility index (Phi) is 3.95. The molecule has 0 aliphatic rings. The molecule has 4 N–H and O–H groups in total. The molecule has 68 valence electrons. The number of aliphatic hydroxyl groups is 1. The monoisotopic (exact) mass is 182 g/mol. The molecule has 2 atom stereocenters. The van der Waals surface area contributed by atoms with Gasteiger partial charge in [0.05, 0.1) is 6.10 Å². The molecule has 0 heterocycles. The second-order valence-corrected chi connectivity index (χ2v) is 3.74. The Morgan fingerprint density at radius 3 is 2.18 bits per heavy atom. The Hall–Kier alpha value is -0.170. The van der Waals surface area contributed by atoms with E-state index in [-0.39, 0.29) is 0 Å². The molecule has 0 aliphatic heterocycles. The lowest BCUT2D eigenvalue weighted by Gasteiger charge is -2.17. The summed E-state index contributed by atoms with van der Waals surface area (Å²) < 4.78 is 23.0. The molecule has 0 aliphatic carbocycles. The van der Waals surface area contributed by atoms with E-state index in [1.165, 1.54) is 6.92 Å². The Bertz CT molecular complexity index is 200. The lowest BCUT2D eigenvalue weighted by Crippen LogP contribution is -2.44. The van der Waals surface area contributed by atoms with Crippen LogP contribution in [-0.4, -0.2) is 25.7 Å². The van der Waals surface area contributed by atoms with Crippen molar-refractivity contribution in [3.63, 3.8) is 0 Å². The third-order valence-corrected chi connectivity index (χ3v) is 1.97. The second-order valence-electron chi connectivity index (χ2n) is 2.42. The number of nitrogens with one attached hydrogen (secondary N) is 1. The van der Waals surface area contributed by atoms with Crippen molar-refractivity contribution in [2.75, 3.05) is 0 Å². The summed E-state index contributed by atoms with van der Waals surface area (Å²) >= 11 is 0. The van der Waals surface area contributed by atoms with Gasteiger partial charge in [-0.1, -0.05) is 6.92 Å². The number of hydrogen-bond acceptors (Lipinski definition) is 3. The van der Waals surface area contributed by atoms with E-state index in [9.17, 15) is 8.42 Å². The van der Waals surface area contributed by atoms with E-state index in [2.05, 4.69) is 4.72 Å². The molecule has 0 bridgehead atoms. The minimum atomic E-state index is -3.69. The van der Waals surface area contributed by atoms with Gasteiger partial charge in [-0.05, 0) is 13.3 Å². The zero-order valence-corrected chi connectivity index (χ0v) is 7.43. The second kappa shape index (κ2) is 4.01. The number of rotatable bonds is 4. The van der Waals surface area contributed by atoms with Gasteiger partial charge < -0.3 is 5.11 Å². The van der Waals surface area contributed by atoms with Gasteiger partial charge in [0.15, 0.2) is 0 Å². The first kappa shape index (κ1) is 10.8. The molecule has 0 spiro atoms. The summed E-state index contributed by atoms with van der Waals surface area (Å²) in [5.41, 5.74) is 0. The Morgan fingerprint density at radius 2 is 2.09 bits per heavy atom. The summed E-state index contributed by atoms with van der Waals surface area (Å²) in [5.74, 6) is 0. The zero-order valence-electron chi connectivity index (χ0n) is 6.61. The Balaban J connectivity index is 4.10. The first-order valence-electron chi connectivity index (χ1n) is 3.35. The minimum absolute atomic E-state index is 0.495. The standard InChI is InChI=1S/C5H14N2O3S/c1-3-5(4(2)8)7-11(6,9)10/h4-5,7-8H,3H2,1-2H3,(H2,6,9,10). The van der Waals surface area contributed by atoms with E-state index in [0.717, 1.165) is 0 Å². The van der Waals surface area contributed by atoms with Gasteiger partial charge >= 0.3 is 0 Å². The van der Waals surface area contributed by atoms with Gasteiger partial charge in [0.1, 0.15) is 0 Å². The topological polar surface area (TPSA) is 92.4 Å². The molecule has 5 nitrogen and oxygen atoms in total. The molecule has 11 heavy (non-hydrogen) atoms. The van der Waals surface area contributed by atoms with Crippen LogP contribution in [0.25, 0.3) is 0 Å². The van der Waals surface area contributed by atoms with Crippen molar-refractivity contribution in [3.05, 3.63) is 0 Å². The smallest absolute Gasteiger partial charge is 0.274 e. The lowest BCUT2D eigenvalue weighted by molar-refractivity contribution is 0.154. The molecule has 0 saturated heterocycles. The average molecular weight is 182 g/mol. The van der Waals surface area contributed by atoms with Crippen LogP contribution in [0.5, 0.6) is 0 Å². The molecular weight excluding hydrogens is 168 g/mol. The fourth-order valence-corrected chi connectivity index (χ4v) is 1.52. The molecule has 0 saturated carbocycles. The minimum Gasteiger partial charge on any atom is -0.392 e. The fraction of sp³-hybridized carbons (Fsp3) is 1.00. The van der Waals surface area contributed by atoms with Crippen LogP contribution in [0.1, 0.15) is 20.3 Å². The molecule has 0 fully saturated rings. The summed E-state index contributed by atoms with van der Waals surface area (Å²) in [6.07, 6.45) is -0.216. The van der Waals surface area contributed by atoms with Crippen molar-refractivity contribution >= 4 is 10.2 Å². The Morgan fingerprint density at radius 1 is 1.64 bits per heavy atom. The third-order valence-electron chi connectivity index (χ3n) is 1.34. The third kappa shape index (κ3) is 5.14. The SMILES string of the molecule is CCC(NS(N)(=O)=O)C(C)O. The fourth-order valence-electron chi connectivity index (χ4n) is 0.734. The maximum atomic E-state index is 10.5. The first-order valence-corrected chi connectivity index (χ1v) is 4.89.